The van der Waals surface area contributed by atoms with Crippen molar-refractivity contribution in [3.8, 4) is 0 Å². The zero-order valence-corrected chi connectivity index (χ0v) is 10.6. The van der Waals surface area contributed by atoms with Crippen molar-refractivity contribution >= 4 is 0 Å². The molecule has 1 heterocycles. The van der Waals surface area contributed by atoms with Crippen molar-refractivity contribution in [3.05, 3.63) is 58.5 Å². The second-order valence-electron chi connectivity index (χ2n) is 5.12. The Morgan fingerprint density at radius 2 is 2.00 bits per heavy atom. The largest absolute Gasteiger partial charge is 0.464 e. The molecule has 0 saturated carbocycles. The van der Waals surface area contributed by atoms with Gasteiger partial charge in [0.2, 0.25) is 0 Å². The molecule has 1 atom stereocenters. The second-order valence-corrected chi connectivity index (χ2v) is 5.12. The minimum Gasteiger partial charge on any atom is -0.464 e. The fraction of sp³-hybridized carbons (Fsp3) is 0.375. The summed E-state index contributed by atoms with van der Waals surface area (Å²) < 4.78 is 5.46. The van der Waals surface area contributed by atoms with Crippen LogP contribution in [0.2, 0.25) is 0 Å². The van der Waals surface area contributed by atoms with E-state index >= 15 is 0 Å². The lowest BCUT2D eigenvalue weighted by atomic mass is 10.0. The third-order valence-electron chi connectivity index (χ3n) is 3.68. The molecular weight excluding hydrogens is 224 g/mol. The minimum atomic E-state index is -0.543. The van der Waals surface area contributed by atoms with Gasteiger partial charge in [-0.15, -0.1) is 0 Å². The topological polar surface area (TPSA) is 33.4 Å². The maximum Gasteiger partial charge on any atom is 0.132 e. The highest BCUT2D eigenvalue weighted by atomic mass is 16.4. The fourth-order valence-electron chi connectivity index (χ4n) is 2.71. The molecule has 0 aliphatic heterocycles. The predicted octanol–water partition coefficient (Wildman–Crippen LogP) is 3.35. The smallest absolute Gasteiger partial charge is 0.132 e. The van der Waals surface area contributed by atoms with E-state index in [9.17, 15) is 5.11 Å². The normalized spacial score (nSPS) is 15.7. The third-order valence-corrected chi connectivity index (χ3v) is 3.68. The number of aryl methyl sites for hydroxylation is 3. The summed E-state index contributed by atoms with van der Waals surface area (Å²) in [4.78, 5) is 0. The van der Waals surface area contributed by atoms with Gasteiger partial charge < -0.3 is 9.52 Å². The van der Waals surface area contributed by atoms with Gasteiger partial charge in [-0.25, -0.2) is 0 Å². The molecule has 0 bridgehead atoms. The highest BCUT2D eigenvalue weighted by Gasteiger charge is 2.15. The Labute approximate surface area is 107 Å². The molecule has 94 valence electrons. The van der Waals surface area contributed by atoms with Gasteiger partial charge in [0.25, 0.3) is 0 Å². The van der Waals surface area contributed by atoms with Gasteiger partial charge in [0.1, 0.15) is 17.6 Å². The van der Waals surface area contributed by atoms with Gasteiger partial charge in [-0.05, 0) is 55.0 Å². The number of aliphatic hydroxyl groups is 1. The average Bonchev–Trinajstić information content (AvgIpc) is 2.96. The summed E-state index contributed by atoms with van der Waals surface area (Å²) >= 11 is 0. The first-order valence-electron chi connectivity index (χ1n) is 6.57. The summed E-state index contributed by atoms with van der Waals surface area (Å²) in [6, 6.07) is 10.3. The predicted molar refractivity (Wildman–Crippen MR) is 70.6 cm³/mol. The van der Waals surface area contributed by atoms with Crippen LogP contribution in [0.15, 0.2) is 34.7 Å². The van der Waals surface area contributed by atoms with E-state index < -0.39 is 6.10 Å². The van der Waals surface area contributed by atoms with E-state index in [2.05, 4.69) is 18.2 Å². The summed E-state index contributed by atoms with van der Waals surface area (Å²) in [6.07, 6.45) is 3.73. The van der Waals surface area contributed by atoms with Crippen LogP contribution in [-0.4, -0.2) is 5.11 Å². The molecule has 0 saturated heterocycles. The standard InChI is InChI=1S/C16H18O2/c1-11-5-8-16(18-11)15(17)10-12-6-7-13-3-2-4-14(13)9-12/h5-9,15,17H,2-4,10H2,1H3. The van der Waals surface area contributed by atoms with Crippen LogP contribution in [0.5, 0.6) is 0 Å². The molecular formula is C16H18O2. The lowest BCUT2D eigenvalue weighted by molar-refractivity contribution is 0.149. The molecule has 0 radical (unpaired) electrons. The number of aliphatic hydroxyl groups excluding tert-OH is 1. The Balaban J connectivity index is 1.76. The number of fused-ring (bicyclic) bond motifs is 1. The Kier molecular flexibility index (Phi) is 2.96. The molecule has 2 heteroatoms. The molecule has 0 spiro atoms. The van der Waals surface area contributed by atoms with Gasteiger partial charge in [0.05, 0.1) is 0 Å². The van der Waals surface area contributed by atoms with Gasteiger partial charge in [-0.1, -0.05) is 18.2 Å². The van der Waals surface area contributed by atoms with Crippen LogP contribution >= 0.6 is 0 Å². The maximum atomic E-state index is 10.1. The van der Waals surface area contributed by atoms with Crippen molar-refractivity contribution in [2.24, 2.45) is 0 Å². The van der Waals surface area contributed by atoms with Crippen molar-refractivity contribution in [3.63, 3.8) is 0 Å². The quantitative estimate of drug-likeness (QED) is 0.895. The molecule has 1 aromatic carbocycles. The van der Waals surface area contributed by atoms with Crippen LogP contribution in [0.25, 0.3) is 0 Å². The number of rotatable bonds is 3. The Morgan fingerprint density at radius 3 is 2.78 bits per heavy atom. The van der Waals surface area contributed by atoms with Crippen LogP contribution in [0.4, 0.5) is 0 Å². The van der Waals surface area contributed by atoms with Crippen LogP contribution < -0.4 is 0 Å². The Morgan fingerprint density at radius 1 is 1.17 bits per heavy atom. The van der Waals surface area contributed by atoms with E-state index in [4.69, 9.17) is 4.42 Å². The summed E-state index contributed by atoms with van der Waals surface area (Å²) in [5.41, 5.74) is 4.12. The second kappa shape index (κ2) is 4.62. The van der Waals surface area contributed by atoms with Crippen molar-refractivity contribution < 1.29 is 9.52 Å². The van der Waals surface area contributed by atoms with Gasteiger partial charge in [0, 0.05) is 6.42 Å². The Bertz CT molecular complexity index is 554. The highest BCUT2D eigenvalue weighted by Crippen LogP contribution is 2.26. The lowest BCUT2D eigenvalue weighted by Gasteiger charge is -2.09. The highest BCUT2D eigenvalue weighted by molar-refractivity contribution is 5.35. The molecule has 0 amide bonds. The molecule has 1 N–H and O–H groups in total. The summed E-state index contributed by atoms with van der Waals surface area (Å²) in [7, 11) is 0. The summed E-state index contributed by atoms with van der Waals surface area (Å²) in [5.74, 6) is 1.51. The molecule has 0 fully saturated rings. The molecule has 1 aliphatic carbocycles. The molecule has 1 aliphatic rings. The zero-order chi connectivity index (χ0) is 12.5. The van der Waals surface area contributed by atoms with Gasteiger partial charge in [0.15, 0.2) is 0 Å². The lowest BCUT2D eigenvalue weighted by Crippen LogP contribution is -2.01. The molecule has 2 nitrogen and oxygen atoms in total. The van der Waals surface area contributed by atoms with E-state index in [0.717, 1.165) is 5.76 Å². The molecule has 2 aromatic rings. The SMILES string of the molecule is Cc1ccc(C(O)Cc2ccc3c(c2)CCC3)o1. The van der Waals surface area contributed by atoms with Crippen molar-refractivity contribution in [2.75, 3.05) is 0 Å². The molecule has 3 rings (SSSR count). The third kappa shape index (κ3) is 2.21. The number of hydrogen-bond acceptors (Lipinski definition) is 2. The molecule has 18 heavy (non-hydrogen) atoms. The average molecular weight is 242 g/mol. The van der Waals surface area contributed by atoms with Crippen LogP contribution in [0.1, 0.15) is 40.7 Å². The van der Waals surface area contributed by atoms with Crippen LogP contribution in [0.3, 0.4) is 0 Å². The first-order chi connectivity index (χ1) is 8.72. The fourth-order valence-corrected chi connectivity index (χ4v) is 2.71. The summed E-state index contributed by atoms with van der Waals surface area (Å²) in [5, 5.41) is 10.1. The number of furan rings is 1. The van der Waals surface area contributed by atoms with Crippen molar-refractivity contribution in [1.29, 1.82) is 0 Å². The van der Waals surface area contributed by atoms with Gasteiger partial charge in [-0.3, -0.25) is 0 Å². The summed E-state index contributed by atoms with van der Waals surface area (Å²) in [6.45, 7) is 1.89. The van der Waals surface area contributed by atoms with E-state index in [1.807, 2.05) is 19.1 Å². The molecule has 1 aromatic heterocycles. The molecule has 1 unspecified atom stereocenters. The Hall–Kier alpha value is -1.54. The number of hydrogen-bond donors (Lipinski definition) is 1. The first kappa shape index (κ1) is 11.5. The van der Waals surface area contributed by atoms with E-state index in [-0.39, 0.29) is 0 Å². The van der Waals surface area contributed by atoms with E-state index in [0.29, 0.717) is 12.2 Å². The van der Waals surface area contributed by atoms with E-state index in [1.165, 1.54) is 36.0 Å². The van der Waals surface area contributed by atoms with Gasteiger partial charge in [-0.2, -0.15) is 0 Å². The van der Waals surface area contributed by atoms with Crippen molar-refractivity contribution in [2.45, 2.75) is 38.7 Å². The van der Waals surface area contributed by atoms with Gasteiger partial charge >= 0.3 is 0 Å². The van der Waals surface area contributed by atoms with Crippen molar-refractivity contribution in [1.82, 2.24) is 0 Å². The zero-order valence-electron chi connectivity index (χ0n) is 10.6. The monoisotopic (exact) mass is 242 g/mol. The van der Waals surface area contributed by atoms with E-state index in [1.54, 1.807) is 0 Å². The number of benzene rings is 1. The minimum absolute atomic E-state index is 0.543. The van der Waals surface area contributed by atoms with Crippen LogP contribution in [0, 0.1) is 6.92 Å². The first-order valence-corrected chi connectivity index (χ1v) is 6.57. The maximum absolute atomic E-state index is 10.1. The van der Waals surface area contributed by atoms with Crippen LogP contribution in [-0.2, 0) is 19.3 Å².